The summed E-state index contributed by atoms with van der Waals surface area (Å²) < 4.78 is 17.6. The topological polar surface area (TPSA) is 48.5 Å². The molecule has 6 heteroatoms. The summed E-state index contributed by atoms with van der Waals surface area (Å²) in [6, 6.07) is 14.7. The van der Waals surface area contributed by atoms with Gasteiger partial charge in [-0.15, -0.1) is 0 Å². The van der Waals surface area contributed by atoms with Crippen molar-refractivity contribution in [2.24, 2.45) is 0 Å². The van der Waals surface area contributed by atoms with Gasteiger partial charge in [0.05, 0.1) is 23.6 Å². The van der Waals surface area contributed by atoms with Crippen molar-refractivity contribution in [1.82, 2.24) is 24.3 Å². The van der Waals surface area contributed by atoms with Crippen LogP contribution in [0.3, 0.4) is 0 Å². The van der Waals surface area contributed by atoms with E-state index in [1.54, 1.807) is 17.1 Å². The second-order valence-electron chi connectivity index (χ2n) is 5.68. The smallest absolute Gasteiger partial charge is 0.160 e. The molecule has 0 amide bonds. The summed E-state index contributed by atoms with van der Waals surface area (Å²) in [6.45, 7) is 0.524. The minimum Gasteiger partial charge on any atom is -0.300 e. The second-order valence-corrected chi connectivity index (χ2v) is 5.68. The Morgan fingerprint density at radius 2 is 1.88 bits per heavy atom. The van der Waals surface area contributed by atoms with Gasteiger partial charge in [0.2, 0.25) is 0 Å². The lowest BCUT2D eigenvalue weighted by Gasteiger charge is -2.08. The molecule has 0 N–H and O–H groups in total. The third-order valence-corrected chi connectivity index (χ3v) is 4.29. The molecule has 0 spiro atoms. The van der Waals surface area contributed by atoms with Crippen LogP contribution < -0.4 is 0 Å². The highest BCUT2D eigenvalue weighted by Crippen LogP contribution is 2.34. The molecule has 3 heterocycles. The summed E-state index contributed by atoms with van der Waals surface area (Å²) in [7, 11) is 0. The van der Waals surface area contributed by atoms with E-state index in [1.165, 1.54) is 18.5 Å². The lowest BCUT2D eigenvalue weighted by Crippen LogP contribution is -2.05. The molecule has 0 saturated heterocycles. The Morgan fingerprint density at radius 1 is 1.00 bits per heavy atom. The highest BCUT2D eigenvalue weighted by atomic mass is 19.1. The molecule has 2 aromatic heterocycles. The zero-order chi connectivity index (χ0) is 16.1. The first-order chi connectivity index (χ1) is 11.8. The van der Waals surface area contributed by atoms with Gasteiger partial charge in [0.25, 0.3) is 0 Å². The molecule has 24 heavy (non-hydrogen) atoms. The molecule has 1 aliphatic rings. The molecule has 116 valence electrons. The molecule has 0 atom stereocenters. The Labute approximate surface area is 137 Å². The third kappa shape index (κ3) is 1.83. The van der Waals surface area contributed by atoms with Gasteiger partial charge in [-0.25, -0.2) is 19.0 Å². The van der Waals surface area contributed by atoms with E-state index < -0.39 is 0 Å². The fourth-order valence-corrected chi connectivity index (χ4v) is 3.20. The minimum atomic E-state index is -0.296. The molecular formula is C18H12FN5. The molecule has 0 fully saturated rings. The standard InChI is InChI=1S/C18H12FN5/c19-13-6-7-15-14(8-13)18-20-10-22-24(18)9-16-17(21-11-23(15)16)12-4-2-1-3-5-12/h1-8,10-11H,9H2. The number of rotatable bonds is 1. The van der Waals surface area contributed by atoms with Crippen LogP contribution in [0.1, 0.15) is 5.69 Å². The van der Waals surface area contributed by atoms with E-state index in [1.807, 2.05) is 34.9 Å². The highest BCUT2D eigenvalue weighted by Gasteiger charge is 2.24. The summed E-state index contributed by atoms with van der Waals surface area (Å²) >= 11 is 0. The zero-order valence-corrected chi connectivity index (χ0v) is 12.6. The van der Waals surface area contributed by atoms with Crippen LogP contribution in [0.15, 0.2) is 61.2 Å². The Hall–Kier alpha value is -3.28. The molecule has 1 aliphatic heterocycles. The van der Waals surface area contributed by atoms with E-state index in [2.05, 4.69) is 15.1 Å². The summed E-state index contributed by atoms with van der Waals surface area (Å²) in [4.78, 5) is 8.91. The van der Waals surface area contributed by atoms with Crippen molar-refractivity contribution in [3.05, 3.63) is 72.7 Å². The molecule has 2 aromatic carbocycles. The highest BCUT2D eigenvalue weighted by molar-refractivity contribution is 5.72. The van der Waals surface area contributed by atoms with Gasteiger partial charge in [0, 0.05) is 11.1 Å². The lowest BCUT2D eigenvalue weighted by atomic mass is 10.1. The predicted molar refractivity (Wildman–Crippen MR) is 87.1 cm³/mol. The van der Waals surface area contributed by atoms with Crippen molar-refractivity contribution in [2.45, 2.75) is 6.54 Å². The van der Waals surface area contributed by atoms with E-state index in [4.69, 9.17) is 0 Å². The number of fused-ring (bicyclic) bond motifs is 5. The van der Waals surface area contributed by atoms with E-state index >= 15 is 0 Å². The van der Waals surface area contributed by atoms with Gasteiger partial charge in [-0.2, -0.15) is 5.10 Å². The van der Waals surface area contributed by atoms with Gasteiger partial charge in [-0.1, -0.05) is 30.3 Å². The average molecular weight is 317 g/mol. The van der Waals surface area contributed by atoms with E-state index in [9.17, 15) is 4.39 Å². The molecule has 5 rings (SSSR count). The van der Waals surface area contributed by atoms with Crippen LogP contribution in [0, 0.1) is 5.82 Å². The predicted octanol–water partition coefficient (Wildman–Crippen LogP) is 3.30. The monoisotopic (exact) mass is 317 g/mol. The number of hydrogen-bond donors (Lipinski definition) is 0. The van der Waals surface area contributed by atoms with Crippen molar-refractivity contribution >= 4 is 0 Å². The SMILES string of the molecule is Fc1ccc2c(c1)-c1ncnn1Cc1c(-c3ccccc3)ncn1-2. The van der Waals surface area contributed by atoms with Crippen LogP contribution in [0.25, 0.3) is 28.3 Å². The Kier molecular flexibility index (Phi) is 2.67. The van der Waals surface area contributed by atoms with Crippen LogP contribution >= 0.6 is 0 Å². The molecule has 4 aromatic rings. The molecule has 0 saturated carbocycles. The summed E-state index contributed by atoms with van der Waals surface area (Å²) in [5.41, 5.74) is 4.50. The molecule has 0 aliphatic carbocycles. The minimum absolute atomic E-state index is 0.296. The number of benzene rings is 2. The van der Waals surface area contributed by atoms with Gasteiger partial charge in [-0.3, -0.25) is 4.57 Å². The number of imidazole rings is 1. The van der Waals surface area contributed by atoms with Gasteiger partial charge < -0.3 is 0 Å². The third-order valence-electron chi connectivity index (χ3n) is 4.29. The second kappa shape index (κ2) is 4.86. The lowest BCUT2D eigenvalue weighted by molar-refractivity contribution is 0.627. The van der Waals surface area contributed by atoms with Gasteiger partial charge in [0.15, 0.2) is 5.82 Å². The summed E-state index contributed by atoms with van der Waals surface area (Å²) in [5.74, 6) is 0.363. The first-order valence-electron chi connectivity index (χ1n) is 7.61. The zero-order valence-electron chi connectivity index (χ0n) is 12.6. The fourth-order valence-electron chi connectivity index (χ4n) is 3.20. The maximum Gasteiger partial charge on any atom is 0.160 e. The van der Waals surface area contributed by atoms with E-state index in [-0.39, 0.29) is 5.82 Å². The Bertz CT molecular complexity index is 1050. The largest absolute Gasteiger partial charge is 0.300 e. The molecule has 5 nitrogen and oxygen atoms in total. The summed E-state index contributed by atoms with van der Waals surface area (Å²) in [5, 5.41) is 4.30. The maximum absolute atomic E-state index is 13.8. The quantitative estimate of drug-likeness (QED) is 0.476. The normalized spacial score (nSPS) is 12.2. The van der Waals surface area contributed by atoms with Crippen molar-refractivity contribution in [3.8, 4) is 28.3 Å². The van der Waals surface area contributed by atoms with Crippen LogP contribution in [0.2, 0.25) is 0 Å². The maximum atomic E-state index is 13.8. The Morgan fingerprint density at radius 3 is 2.75 bits per heavy atom. The van der Waals surface area contributed by atoms with Crippen LogP contribution in [0.4, 0.5) is 4.39 Å². The number of nitrogens with zero attached hydrogens (tertiary/aromatic N) is 5. The number of hydrogen-bond acceptors (Lipinski definition) is 3. The van der Waals surface area contributed by atoms with Crippen molar-refractivity contribution in [1.29, 1.82) is 0 Å². The first kappa shape index (κ1) is 13.2. The molecular weight excluding hydrogens is 305 g/mol. The molecule has 0 bridgehead atoms. The fraction of sp³-hybridized carbons (Fsp3) is 0.0556. The van der Waals surface area contributed by atoms with Crippen molar-refractivity contribution in [3.63, 3.8) is 0 Å². The number of aromatic nitrogens is 5. The van der Waals surface area contributed by atoms with E-state index in [0.29, 0.717) is 17.9 Å². The Balaban J connectivity index is 1.82. The van der Waals surface area contributed by atoms with Crippen molar-refractivity contribution < 1.29 is 4.39 Å². The van der Waals surface area contributed by atoms with Gasteiger partial charge in [0.1, 0.15) is 18.5 Å². The number of halogens is 1. The molecule has 0 unspecified atom stereocenters. The average Bonchev–Trinajstić information content (AvgIpc) is 3.21. The van der Waals surface area contributed by atoms with Crippen molar-refractivity contribution in [2.75, 3.05) is 0 Å². The van der Waals surface area contributed by atoms with Crippen LogP contribution in [-0.2, 0) is 6.54 Å². The van der Waals surface area contributed by atoms with E-state index in [0.717, 1.165) is 22.6 Å². The first-order valence-corrected chi connectivity index (χ1v) is 7.61. The van der Waals surface area contributed by atoms with Gasteiger partial charge >= 0.3 is 0 Å². The van der Waals surface area contributed by atoms with Crippen LogP contribution in [-0.4, -0.2) is 24.3 Å². The van der Waals surface area contributed by atoms with Gasteiger partial charge in [-0.05, 0) is 18.2 Å². The summed E-state index contributed by atoms with van der Waals surface area (Å²) in [6.07, 6.45) is 3.28. The molecule has 0 radical (unpaired) electrons. The van der Waals surface area contributed by atoms with Crippen LogP contribution in [0.5, 0.6) is 0 Å².